The van der Waals surface area contributed by atoms with Crippen molar-refractivity contribution in [1.29, 1.82) is 0 Å². The first kappa shape index (κ1) is 25.0. The smallest absolute Gasteiger partial charge is 0.410 e. The molecule has 8 nitrogen and oxygen atoms in total. The summed E-state index contributed by atoms with van der Waals surface area (Å²) in [5.41, 5.74) is 8.32. The molecule has 0 spiro atoms. The molecule has 0 aliphatic heterocycles. The van der Waals surface area contributed by atoms with E-state index in [9.17, 15) is 13.6 Å². The summed E-state index contributed by atoms with van der Waals surface area (Å²) < 4.78 is 37.8. The van der Waals surface area contributed by atoms with E-state index < -0.39 is 18.6 Å². The topological polar surface area (TPSA) is 107 Å². The van der Waals surface area contributed by atoms with Crippen LogP contribution in [0.4, 0.5) is 13.6 Å². The Balaban J connectivity index is 1.76. The Bertz CT molecular complexity index is 862. The van der Waals surface area contributed by atoms with Gasteiger partial charge in [-0.05, 0) is 50.7 Å². The molecular weight excluding hydrogens is 432 g/mol. The van der Waals surface area contributed by atoms with Gasteiger partial charge in [0.25, 0.3) is 5.92 Å². The van der Waals surface area contributed by atoms with Gasteiger partial charge in [0.2, 0.25) is 0 Å². The van der Waals surface area contributed by atoms with Gasteiger partial charge in [-0.1, -0.05) is 6.42 Å². The van der Waals surface area contributed by atoms with Crippen LogP contribution < -0.4 is 16.3 Å². The highest BCUT2D eigenvalue weighted by molar-refractivity contribution is 5.69. The lowest BCUT2D eigenvalue weighted by Crippen LogP contribution is -2.38. The van der Waals surface area contributed by atoms with Gasteiger partial charge in [0.05, 0.1) is 35.4 Å². The van der Waals surface area contributed by atoms with Gasteiger partial charge in [0.15, 0.2) is 0 Å². The molecule has 1 amide bonds. The fraction of sp³-hybridized carbons (Fsp3) is 0.652. The molecule has 0 atom stereocenters. The van der Waals surface area contributed by atoms with Crippen LogP contribution in [0.1, 0.15) is 69.2 Å². The van der Waals surface area contributed by atoms with Crippen LogP contribution in [0.3, 0.4) is 0 Å². The van der Waals surface area contributed by atoms with Gasteiger partial charge >= 0.3 is 6.09 Å². The zero-order valence-electron chi connectivity index (χ0n) is 19.7. The fourth-order valence-electron chi connectivity index (χ4n) is 3.96. The van der Waals surface area contributed by atoms with Crippen molar-refractivity contribution >= 4 is 11.8 Å². The molecule has 0 saturated heterocycles. The number of hydrogen-bond donors (Lipinski definition) is 2. The van der Waals surface area contributed by atoms with E-state index in [0.717, 1.165) is 49.0 Å². The van der Waals surface area contributed by atoms with E-state index in [4.69, 9.17) is 26.0 Å². The molecule has 1 aromatic rings. The summed E-state index contributed by atoms with van der Waals surface area (Å²) in [5, 5.41) is 1.24. The van der Waals surface area contributed by atoms with Crippen LogP contribution in [0.2, 0.25) is 0 Å². The van der Waals surface area contributed by atoms with Gasteiger partial charge in [0, 0.05) is 26.9 Å². The van der Waals surface area contributed by atoms with Crippen LogP contribution in [-0.2, 0) is 4.74 Å². The Morgan fingerprint density at radius 2 is 1.85 bits per heavy atom. The normalized spacial score (nSPS) is 17.9. The van der Waals surface area contributed by atoms with Crippen molar-refractivity contribution in [2.45, 2.75) is 69.8 Å². The minimum atomic E-state index is -3.03. The average molecular weight is 468 g/mol. The number of alkyl halides is 2. The van der Waals surface area contributed by atoms with Crippen molar-refractivity contribution in [3.63, 3.8) is 0 Å². The van der Waals surface area contributed by atoms with Crippen molar-refractivity contribution in [2.24, 2.45) is 11.6 Å². The summed E-state index contributed by atoms with van der Waals surface area (Å²) in [5.74, 6) is 4.04. The second-order valence-electron chi connectivity index (χ2n) is 9.18. The lowest BCUT2D eigenvalue weighted by atomic mass is 9.98. The molecule has 33 heavy (non-hydrogen) atoms. The SMILES string of the molecule is CN(CC(C)(F)F)C(=O)OC/C(=C(/N)c1ccc(OC2CCCCC2)c(C2CC2)n1)N(C)N. The molecule has 2 saturated carbocycles. The number of pyridine rings is 1. The Hall–Kier alpha value is -2.62. The van der Waals surface area contributed by atoms with Crippen LogP contribution >= 0.6 is 0 Å². The molecule has 4 N–H and O–H groups in total. The van der Waals surface area contributed by atoms with Gasteiger partial charge in [-0.2, -0.15) is 0 Å². The third-order valence-corrected chi connectivity index (χ3v) is 5.87. The second-order valence-corrected chi connectivity index (χ2v) is 9.18. The zero-order valence-corrected chi connectivity index (χ0v) is 19.7. The first-order chi connectivity index (χ1) is 15.5. The zero-order chi connectivity index (χ0) is 24.2. The van der Waals surface area contributed by atoms with Gasteiger partial charge in [-0.25, -0.2) is 24.4 Å². The highest BCUT2D eigenvalue weighted by Crippen LogP contribution is 2.44. The van der Waals surface area contributed by atoms with Gasteiger partial charge in [0.1, 0.15) is 12.4 Å². The number of ether oxygens (including phenoxy) is 2. The van der Waals surface area contributed by atoms with E-state index in [-0.39, 0.29) is 18.4 Å². The van der Waals surface area contributed by atoms with Crippen molar-refractivity contribution in [2.75, 3.05) is 27.2 Å². The van der Waals surface area contributed by atoms with Crippen LogP contribution in [0.15, 0.2) is 17.8 Å². The summed E-state index contributed by atoms with van der Waals surface area (Å²) in [4.78, 5) is 17.7. The molecular formula is C23H35F2N5O3. The molecule has 2 aliphatic rings. The van der Waals surface area contributed by atoms with E-state index in [0.29, 0.717) is 17.3 Å². The highest BCUT2D eigenvalue weighted by atomic mass is 19.3. The summed E-state index contributed by atoms with van der Waals surface area (Å²) >= 11 is 0. The molecule has 0 unspecified atom stereocenters. The summed E-state index contributed by atoms with van der Waals surface area (Å²) in [7, 11) is 2.80. The van der Waals surface area contributed by atoms with Crippen molar-refractivity contribution in [3.8, 4) is 5.75 Å². The number of carbonyl (C=O) groups excluding carboxylic acids is 1. The third kappa shape index (κ3) is 7.18. The second kappa shape index (κ2) is 10.5. The molecule has 2 fully saturated rings. The monoisotopic (exact) mass is 467 g/mol. The largest absolute Gasteiger partial charge is 0.489 e. The quantitative estimate of drug-likeness (QED) is 0.420. The number of likely N-dealkylation sites (N-methyl/N-ethyl adjacent to an activating group) is 1. The number of hydrazine groups is 1. The Morgan fingerprint density at radius 3 is 2.42 bits per heavy atom. The molecule has 0 aromatic carbocycles. The minimum Gasteiger partial charge on any atom is -0.489 e. The molecule has 0 radical (unpaired) electrons. The van der Waals surface area contributed by atoms with E-state index >= 15 is 0 Å². The standard InChI is InChI=1S/C23H35F2N5O3/c1-23(24,25)14-29(2)22(31)32-13-18(30(3)27)20(26)17-11-12-19(21(28-17)15-9-10-15)33-16-7-5-4-6-8-16/h11-12,15-16H,4-10,13-14,26-27H2,1-3H3/b20-18-. The first-order valence-electron chi connectivity index (χ1n) is 11.5. The van der Waals surface area contributed by atoms with Gasteiger partial charge in [-0.3, -0.25) is 0 Å². The minimum absolute atomic E-state index is 0.217. The Morgan fingerprint density at radius 1 is 1.18 bits per heavy atom. The van der Waals surface area contributed by atoms with Crippen molar-refractivity contribution in [1.82, 2.24) is 14.9 Å². The third-order valence-electron chi connectivity index (χ3n) is 5.87. The van der Waals surface area contributed by atoms with E-state index in [1.165, 1.54) is 31.3 Å². The lowest BCUT2D eigenvalue weighted by molar-refractivity contribution is -0.00864. The lowest BCUT2D eigenvalue weighted by Gasteiger charge is -2.25. The number of nitrogens with two attached hydrogens (primary N) is 2. The maximum atomic E-state index is 13.2. The van der Waals surface area contributed by atoms with Crippen LogP contribution in [-0.4, -0.2) is 60.3 Å². The van der Waals surface area contributed by atoms with Crippen LogP contribution in [0.25, 0.3) is 5.70 Å². The summed E-state index contributed by atoms with van der Waals surface area (Å²) in [6, 6.07) is 3.67. The molecule has 1 heterocycles. The predicted molar refractivity (Wildman–Crippen MR) is 121 cm³/mol. The predicted octanol–water partition coefficient (Wildman–Crippen LogP) is 3.83. The van der Waals surface area contributed by atoms with Crippen LogP contribution in [0.5, 0.6) is 5.75 Å². The van der Waals surface area contributed by atoms with Crippen LogP contribution in [0, 0.1) is 0 Å². The number of hydrogen-bond acceptors (Lipinski definition) is 7. The summed E-state index contributed by atoms with van der Waals surface area (Å²) in [6.07, 6.45) is 7.15. The van der Waals surface area contributed by atoms with Crippen molar-refractivity contribution in [3.05, 3.63) is 29.2 Å². The summed E-state index contributed by atoms with van der Waals surface area (Å²) in [6.45, 7) is -0.301. The molecule has 1 aromatic heterocycles. The molecule has 2 aliphatic carbocycles. The van der Waals surface area contributed by atoms with Gasteiger partial charge in [-0.15, -0.1) is 0 Å². The number of rotatable bonds is 9. The van der Waals surface area contributed by atoms with E-state index in [1.807, 2.05) is 6.07 Å². The number of carbonyl (C=O) groups is 1. The molecule has 10 heteroatoms. The number of nitrogens with zero attached hydrogens (tertiary/aromatic N) is 3. The van der Waals surface area contributed by atoms with E-state index in [1.54, 1.807) is 13.1 Å². The van der Waals surface area contributed by atoms with E-state index in [2.05, 4.69) is 0 Å². The van der Waals surface area contributed by atoms with Crippen molar-refractivity contribution < 1.29 is 23.0 Å². The Labute approximate surface area is 193 Å². The number of amides is 1. The Kier molecular flexibility index (Phi) is 7.99. The average Bonchev–Trinajstić information content (AvgIpc) is 3.58. The molecule has 3 rings (SSSR count). The fourth-order valence-corrected chi connectivity index (χ4v) is 3.96. The number of aromatic nitrogens is 1. The maximum absolute atomic E-state index is 13.2. The molecule has 184 valence electrons. The van der Waals surface area contributed by atoms with Gasteiger partial charge < -0.3 is 25.1 Å². The molecule has 0 bridgehead atoms. The number of halogens is 2. The first-order valence-corrected chi connectivity index (χ1v) is 11.5. The maximum Gasteiger partial charge on any atom is 0.410 e. The highest BCUT2D eigenvalue weighted by Gasteiger charge is 2.31.